The maximum atomic E-state index is 8.81. The van der Waals surface area contributed by atoms with Crippen molar-refractivity contribution in [3.05, 3.63) is 41.7 Å². The standard InChI is InChI=1S/C12H10ClN3S/c1-9(8-14)17-12-15-5-6-16(12)11-4-2-3-10(13)7-11/h2-7,9H,1H3. The second kappa shape index (κ2) is 5.26. The molecule has 0 fully saturated rings. The van der Waals surface area contributed by atoms with E-state index in [2.05, 4.69) is 11.1 Å². The zero-order chi connectivity index (χ0) is 12.3. The predicted octanol–water partition coefficient (Wildman–Crippen LogP) is 3.53. The summed E-state index contributed by atoms with van der Waals surface area (Å²) in [6.07, 6.45) is 3.57. The number of hydrogen-bond acceptors (Lipinski definition) is 3. The molecule has 0 saturated carbocycles. The molecule has 0 bridgehead atoms. The summed E-state index contributed by atoms with van der Waals surface area (Å²) >= 11 is 7.38. The third-order valence-corrected chi connectivity index (χ3v) is 3.36. The van der Waals surface area contributed by atoms with Gasteiger partial charge in [0, 0.05) is 23.1 Å². The van der Waals surface area contributed by atoms with Gasteiger partial charge < -0.3 is 0 Å². The van der Waals surface area contributed by atoms with Gasteiger partial charge >= 0.3 is 0 Å². The molecule has 0 radical (unpaired) electrons. The third kappa shape index (κ3) is 2.82. The zero-order valence-electron chi connectivity index (χ0n) is 9.17. The highest BCUT2D eigenvalue weighted by Crippen LogP contribution is 2.25. The van der Waals surface area contributed by atoms with Gasteiger partial charge in [-0.05, 0) is 25.1 Å². The summed E-state index contributed by atoms with van der Waals surface area (Å²) in [6.45, 7) is 1.85. The molecule has 0 aliphatic heterocycles. The summed E-state index contributed by atoms with van der Waals surface area (Å²) in [4.78, 5) is 4.24. The van der Waals surface area contributed by atoms with Gasteiger partial charge in [-0.2, -0.15) is 5.26 Å². The van der Waals surface area contributed by atoms with Crippen LogP contribution in [0, 0.1) is 11.3 Å². The van der Waals surface area contributed by atoms with E-state index in [9.17, 15) is 0 Å². The van der Waals surface area contributed by atoms with Crippen molar-refractivity contribution in [2.75, 3.05) is 0 Å². The molecule has 1 aromatic heterocycles. The quantitative estimate of drug-likeness (QED) is 0.796. The fourth-order valence-electron chi connectivity index (χ4n) is 1.38. The molecule has 17 heavy (non-hydrogen) atoms. The van der Waals surface area contributed by atoms with E-state index in [0.717, 1.165) is 10.8 Å². The van der Waals surface area contributed by atoms with Crippen LogP contribution in [-0.4, -0.2) is 14.8 Å². The molecule has 86 valence electrons. The molecule has 3 nitrogen and oxygen atoms in total. The minimum Gasteiger partial charge on any atom is -0.295 e. The van der Waals surface area contributed by atoms with Crippen molar-refractivity contribution < 1.29 is 0 Å². The van der Waals surface area contributed by atoms with Crippen LogP contribution >= 0.6 is 23.4 Å². The molecule has 1 heterocycles. The lowest BCUT2D eigenvalue weighted by Gasteiger charge is -2.08. The summed E-state index contributed by atoms with van der Waals surface area (Å²) in [7, 11) is 0. The molecule has 2 aromatic rings. The van der Waals surface area contributed by atoms with E-state index in [0.29, 0.717) is 5.02 Å². The number of thioether (sulfide) groups is 1. The summed E-state index contributed by atoms with van der Waals surface area (Å²) in [5.41, 5.74) is 0.947. The number of nitrogens with zero attached hydrogens (tertiary/aromatic N) is 3. The second-order valence-corrected chi connectivity index (χ2v) is 5.19. The van der Waals surface area contributed by atoms with E-state index < -0.39 is 0 Å². The van der Waals surface area contributed by atoms with Crippen LogP contribution in [0.4, 0.5) is 0 Å². The van der Waals surface area contributed by atoms with Crippen molar-refractivity contribution in [3.8, 4) is 11.8 Å². The molecule has 0 aliphatic carbocycles. The van der Waals surface area contributed by atoms with Crippen molar-refractivity contribution in [2.24, 2.45) is 0 Å². The smallest absolute Gasteiger partial charge is 0.173 e. The Morgan fingerprint density at radius 1 is 1.53 bits per heavy atom. The molecule has 1 unspecified atom stereocenters. The highest BCUT2D eigenvalue weighted by Gasteiger charge is 2.10. The zero-order valence-corrected chi connectivity index (χ0v) is 10.7. The number of halogens is 1. The lowest BCUT2D eigenvalue weighted by molar-refractivity contribution is 0.892. The first kappa shape index (κ1) is 12.0. The van der Waals surface area contributed by atoms with Crippen LogP contribution in [0.5, 0.6) is 0 Å². The fourth-order valence-corrected chi connectivity index (χ4v) is 2.34. The Bertz CT molecular complexity index is 559. The Morgan fingerprint density at radius 2 is 2.35 bits per heavy atom. The number of nitriles is 1. The van der Waals surface area contributed by atoms with Crippen LogP contribution in [0.3, 0.4) is 0 Å². The molecule has 0 N–H and O–H groups in total. The minimum absolute atomic E-state index is 0.129. The van der Waals surface area contributed by atoms with Crippen molar-refractivity contribution in [2.45, 2.75) is 17.3 Å². The van der Waals surface area contributed by atoms with E-state index in [1.165, 1.54) is 11.8 Å². The lowest BCUT2D eigenvalue weighted by Crippen LogP contribution is -1.98. The first-order valence-corrected chi connectivity index (χ1v) is 6.32. The van der Waals surface area contributed by atoms with E-state index in [-0.39, 0.29) is 5.25 Å². The average Bonchev–Trinajstić information content (AvgIpc) is 2.77. The first-order chi connectivity index (χ1) is 8.20. The normalized spacial score (nSPS) is 12.1. The Hall–Kier alpha value is -1.44. The van der Waals surface area contributed by atoms with Crippen LogP contribution in [0.2, 0.25) is 5.02 Å². The van der Waals surface area contributed by atoms with E-state index in [1.807, 2.05) is 42.0 Å². The van der Waals surface area contributed by atoms with Crippen LogP contribution in [0.1, 0.15) is 6.92 Å². The Morgan fingerprint density at radius 3 is 3.06 bits per heavy atom. The second-order valence-electron chi connectivity index (χ2n) is 3.45. The Kier molecular flexibility index (Phi) is 3.72. The van der Waals surface area contributed by atoms with Crippen LogP contribution in [-0.2, 0) is 0 Å². The van der Waals surface area contributed by atoms with Crippen LogP contribution in [0.25, 0.3) is 5.69 Å². The van der Waals surface area contributed by atoms with Crippen molar-refractivity contribution >= 4 is 23.4 Å². The van der Waals surface area contributed by atoms with Gasteiger partial charge in [0.15, 0.2) is 5.16 Å². The van der Waals surface area contributed by atoms with E-state index in [1.54, 1.807) is 6.20 Å². The van der Waals surface area contributed by atoms with Crippen molar-refractivity contribution in [3.63, 3.8) is 0 Å². The monoisotopic (exact) mass is 263 g/mol. The summed E-state index contributed by atoms with van der Waals surface area (Å²) in [5.74, 6) is 0. The number of benzene rings is 1. The first-order valence-electron chi connectivity index (χ1n) is 5.06. The molecule has 0 spiro atoms. The molecule has 0 amide bonds. The topological polar surface area (TPSA) is 41.6 Å². The highest BCUT2D eigenvalue weighted by atomic mass is 35.5. The Balaban J connectivity index is 2.34. The van der Waals surface area contributed by atoms with Crippen molar-refractivity contribution in [1.29, 1.82) is 5.26 Å². The number of rotatable bonds is 3. The Labute approximate surface area is 109 Å². The minimum atomic E-state index is -0.129. The summed E-state index contributed by atoms with van der Waals surface area (Å²) in [6, 6.07) is 9.71. The molecule has 2 rings (SSSR count). The summed E-state index contributed by atoms with van der Waals surface area (Å²) < 4.78 is 1.92. The van der Waals surface area contributed by atoms with Crippen molar-refractivity contribution in [1.82, 2.24) is 9.55 Å². The summed E-state index contributed by atoms with van der Waals surface area (Å²) in [5, 5.41) is 10.2. The number of hydrogen-bond donors (Lipinski definition) is 0. The molecule has 5 heteroatoms. The van der Waals surface area contributed by atoms with E-state index >= 15 is 0 Å². The molecular weight excluding hydrogens is 254 g/mol. The van der Waals surface area contributed by atoms with Gasteiger partial charge in [-0.15, -0.1) is 0 Å². The largest absolute Gasteiger partial charge is 0.295 e. The van der Waals surface area contributed by atoms with Gasteiger partial charge in [-0.25, -0.2) is 4.98 Å². The van der Waals surface area contributed by atoms with Gasteiger partial charge in [0.1, 0.15) is 0 Å². The lowest BCUT2D eigenvalue weighted by atomic mass is 10.3. The maximum absolute atomic E-state index is 8.81. The molecule has 1 aromatic carbocycles. The molecule has 0 saturated heterocycles. The van der Waals surface area contributed by atoms with Crippen LogP contribution < -0.4 is 0 Å². The van der Waals surface area contributed by atoms with E-state index in [4.69, 9.17) is 16.9 Å². The SMILES string of the molecule is CC(C#N)Sc1nccn1-c1cccc(Cl)c1. The van der Waals surface area contributed by atoms with Gasteiger partial charge in [0.05, 0.1) is 11.3 Å². The van der Waals surface area contributed by atoms with Gasteiger partial charge in [-0.1, -0.05) is 29.4 Å². The van der Waals surface area contributed by atoms with Crippen LogP contribution in [0.15, 0.2) is 41.8 Å². The van der Waals surface area contributed by atoms with Gasteiger partial charge in [-0.3, -0.25) is 4.57 Å². The molecule has 0 aliphatic rings. The maximum Gasteiger partial charge on any atom is 0.173 e. The fraction of sp³-hybridized carbons (Fsp3) is 0.167. The average molecular weight is 264 g/mol. The highest BCUT2D eigenvalue weighted by molar-refractivity contribution is 8.00. The third-order valence-electron chi connectivity index (χ3n) is 2.16. The van der Waals surface area contributed by atoms with Gasteiger partial charge in [0.2, 0.25) is 0 Å². The predicted molar refractivity (Wildman–Crippen MR) is 69.5 cm³/mol. The molecule has 1 atom stereocenters. The van der Waals surface area contributed by atoms with Gasteiger partial charge in [0.25, 0.3) is 0 Å². The molecular formula is C12H10ClN3S. The number of aromatic nitrogens is 2. The number of imidazole rings is 1.